The van der Waals surface area contributed by atoms with Crippen molar-refractivity contribution >= 4 is 11.8 Å². The minimum atomic E-state index is -0.615. The number of amides is 2. The summed E-state index contributed by atoms with van der Waals surface area (Å²) in [5, 5.41) is 0. The Labute approximate surface area is 185 Å². The molecule has 0 spiro atoms. The van der Waals surface area contributed by atoms with E-state index >= 15 is 0 Å². The monoisotopic (exact) mass is 433 g/mol. The Kier molecular flexibility index (Phi) is 5.00. The van der Waals surface area contributed by atoms with Crippen LogP contribution in [0.2, 0.25) is 0 Å². The molecule has 0 saturated carbocycles. The van der Waals surface area contributed by atoms with Gasteiger partial charge in [-0.1, -0.05) is 30.3 Å². The second-order valence-electron chi connectivity index (χ2n) is 8.56. The molecule has 2 amide bonds. The first-order valence-electron chi connectivity index (χ1n) is 10.7. The fourth-order valence-corrected chi connectivity index (χ4v) is 4.87. The predicted octanol–water partition coefficient (Wildman–Crippen LogP) is 3.02. The molecular formula is C24H24FN5O2. The zero-order valence-corrected chi connectivity index (χ0v) is 18.0. The highest BCUT2D eigenvalue weighted by Crippen LogP contribution is 2.36. The van der Waals surface area contributed by atoms with Crippen molar-refractivity contribution in [3.8, 4) is 11.4 Å². The largest absolute Gasteiger partial charge is 0.343 e. The number of carbonyl (C=O) groups excluding carboxylic acids is 2. The number of halogens is 1. The Balaban J connectivity index is 1.59. The predicted molar refractivity (Wildman–Crippen MR) is 117 cm³/mol. The van der Waals surface area contributed by atoms with Crippen LogP contribution in [-0.4, -0.2) is 62.3 Å². The van der Waals surface area contributed by atoms with Crippen LogP contribution in [0.4, 0.5) is 4.39 Å². The topological polar surface area (TPSA) is 71.3 Å². The number of aromatic nitrogens is 3. The molecular weight excluding hydrogens is 409 g/mol. The van der Waals surface area contributed by atoms with E-state index in [1.807, 2.05) is 35.2 Å². The van der Waals surface area contributed by atoms with Gasteiger partial charge in [-0.05, 0) is 18.9 Å². The third-order valence-electron chi connectivity index (χ3n) is 6.39. The summed E-state index contributed by atoms with van der Waals surface area (Å²) in [5.41, 5.74) is 2.21. The molecule has 7 nitrogen and oxygen atoms in total. The van der Waals surface area contributed by atoms with Crippen LogP contribution in [0, 0.1) is 5.82 Å². The number of hydrogen-bond donors (Lipinski definition) is 0. The lowest BCUT2D eigenvalue weighted by Gasteiger charge is -2.28. The van der Waals surface area contributed by atoms with Crippen LogP contribution in [0.25, 0.3) is 11.4 Å². The van der Waals surface area contributed by atoms with Crippen molar-refractivity contribution in [2.75, 3.05) is 14.1 Å². The summed E-state index contributed by atoms with van der Waals surface area (Å²) in [6.07, 6.45) is 4.65. The molecule has 32 heavy (non-hydrogen) atoms. The number of nitrogens with zero attached hydrogens (tertiary/aromatic N) is 5. The lowest BCUT2D eigenvalue weighted by Crippen LogP contribution is -2.42. The van der Waals surface area contributed by atoms with Gasteiger partial charge in [0.05, 0.1) is 23.5 Å². The first kappa shape index (κ1) is 20.4. The van der Waals surface area contributed by atoms with Gasteiger partial charge in [-0.3, -0.25) is 14.6 Å². The maximum absolute atomic E-state index is 14.3. The van der Waals surface area contributed by atoms with E-state index in [1.54, 1.807) is 14.1 Å². The standard InChI is InChI=1S/C24H24FN5O2/c1-28(2)24(32)21-20-12-16-8-9-17(30(16)23(31)18-10-11-26-13-19(18)25)14-29(20)22(27-21)15-6-4-3-5-7-15/h3-7,10-11,13,16-17H,8-9,12,14H2,1-2H3. The van der Waals surface area contributed by atoms with Gasteiger partial charge in [-0.25, -0.2) is 9.37 Å². The van der Waals surface area contributed by atoms with E-state index in [1.165, 1.54) is 17.2 Å². The molecule has 0 radical (unpaired) electrons. The number of fused-ring (bicyclic) bond motifs is 3. The highest BCUT2D eigenvalue weighted by Gasteiger charge is 2.43. The van der Waals surface area contributed by atoms with Gasteiger partial charge >= 0.3 is 0 Å². The number of imidazole rings is 1. The van der Waals surface area contributed by atoms with E-state index in [0.717, 1.165) is 36.1 Å². The lowest BCUT2D eigenvalue weighted by molar-refractivity contribution is 0.0661. The Morgan fingerprint density at radius 1 is 1.09 bits per heavy atom. The smallest absolute Gasteiger partial charge is 0.273 e. The first-order chi connectivity index (χ1) is 15.5. The van der Waals surface area contributed by atoms with E-state index < -0.39 is 5.82 Å². The minimum Gasteiger partial charge on any atom is -0.343 e. The molecule has 1 fully saturated rings. The van der Waals surface area contributed by atoms with Crippen LogP contribution in [0.5, 0.6) is 0 Å². The number of rotatable bonds is 3. The minimum absolute atomic E-state index is 0.0366. The van der Waals surface area contributed by atoms with Crippen molar-refractivity contribution in [3.05, 3.63) is 71.6 Å². The molecule has 2 atom stereocenters. The van der Waals surface area contributed by atoms with Gasteiger partial charge in [-0.2, -0.15) is 0 Å². The van der Waals surface area contributed by atoms with Gasteiger partial charge < -0.3 is 14.4 Å². The molecule has 2 bridgehead atoms. The third-order valence-corrected chi connectivity index (χ3v) is 6.39. The highest BCUT2D eigenvalue weighted by atomic mass is 19.1. The van der Waals surface area contributed by atoms with Crippen molar-refractivity contribution in [2.45, 2.75) is 37.9 Å². The van der Waals surface area contributed by atoms with Gasteiger partial charge in [-0.15, -0.1) is 0 Å². The molecule has 0 aliphatic carbocycles. The van der Waals surface area contributed by atoms with Gasteiger partial charge in [0, 0.05) is 44.9 Å². The van der Waals surface area contributed by atoms with Gasteiger partial charge in [0.2, 0.25) is 0 Å². The average Bonchev–Trinajstić information content (AvgIpc) is 3.29. The van der Waals surface area contributed by atoms with E-state index in [4.69, 9.17) is 4.98 Å². The Morgan fingerprint density at radius 2 is 1.84 bits per heavy atom. The molecule has 1 saturated heterocycles. The molecule has 4 heterocycles. The summed E-state index contributed by atoms with van der Waals surface area (Å²) in [6, 6.07) is 11.0. The number of pyridine rings is 1. The molecule has 8 heteroatoms. The summed E-state index contributed by atoms with van der Waals surface area (Å²) in [7, 11) is 3.42. The summed E-state index contributed by atoms with van der Waals surface area (Å²) in [6.45, 7) is 0.516. The van der Waals surface area contributed by atoms with E-state index in [9.17, 15) is 14.0 Å². The van der Waals surface area contributed by atoms with E-state index in [-0.39, 0.29) is 29.5 Å². The van der Waals surface area contributed by atoms with Crippen LogP contribution in [0.1, 0.15) is 39.4 Å². The van der Waals surface area contributed by atoms with Crippen molar-refractivity contribution in [1.82, 2.24) is 24.3 Å². The maximum Gasteiger partial charge on any atom is 0.273 e. The van der Waals surface area contributed by atoms with Crippen LogP contribution in [0.15, 0.2) is 48.8 Å². The second-order valence-corrected chi connectivity index (χ2v) is 8.56. The van der Waals surface area contributed by atoms with Crippen LogP contribution in [-0.2, 0) is 13.0 Å². The fourth-order valence-electron chi connectivity index (χ4n) is 4.87. The molecule has 2 unspecified atom stereocenters. The van der Waals surface area contributed by atoms with Gasteiger partial charge in [0.25, 0.3) is 11.8 Å². The Morgan fingerprint density at radius 3 is 2.56 bits per heavy atom. The van der Waals surface area contributed by atoms with E-state index in [0.29, 0.717) is 18.7 Å². The first-order valence-corrected chi connectivity index (χ1v) is 10.7. The molecule has 1 aromatic carbocycles. The molecule has 0 N–H and O–H groups in total. The Bertz CT molecular complexity index is 1190. The third kappa shape index (κ3) is 3.26. The normalized spacial score (nSPS) is 19.4. The zero-order chi connectivity index (χ0) is 22.4. The van der Waals surface area contributed by atoms with Gasteiger partial charge in [0.1, 0.15) is 11.5 Å². The molecule has 2 aliphatic rings. The summed E-state index contributed by atoms with van der Waals surface area (Å²) in [5.74, 6) is -0.374. The van der Waals surface area contributed by atoms with Crippen LogP contribution in [0.3, 0.4) is 0 Å². The van der Waals surface area contributed by atoms with Crippen LogP contribution >= 0.6 is 0 Å². The van der Waals surface area contributed by atoms with E-state index in [2.05, 4.69) is 9.55 Å². The van der Waals surface area contributed by atoms with Crippen molar-refractivity contribution in [2.24, 2.45) is 0 Å². The fraction of sp³-hybridized carbons (Fsp3) is 0.333. The highest BCUT2D eigenvalue weighted by molar-refractivity contribution is 5.96. The zero-order valence-electron chi connectivity index (χ0n) is 18.0. The summed E-state index contributed by atoms with van der Waals surface area (Å²) < 4.78 is 16.4. The number of benzene rings is 1. The molecule has 5 rings (SSSR count). The van der Waals surface area contributed by atoms with Crippen molar-refractivity contribution in [1.29, 1.82) is 0 Å². The quantitative estimate of drug-likeness (QED) is 0.637. The summed E-state index contributed by atoms with van der Waals surface area (Å²) >= 11 is 0. The van der Waals surface area contributed by atoms with Crippen LogP contribution < -0.4 is 0 Å². The molecule has 2 aliphatic heterocycles. The number of carbonyl (C=O) groups is 2. The molecule has 3 aromatic rings. The SMILES string of the molecule is CN(C)C(=O)c1nc(-c2ccccc2)n2c1CC1CCC(C2)N1C(=O)c1ccncc1F. The summed E-state index contributed by atoms with van der Waals surface area (Å²) in [4.78, 5) is 38.2. The van der Waals surface area contributed by atoms with Gasteiger partial charge in [0.15, 0.2) is 5.82 Å². The average molecular weight is 433 g/mol. The second kappa shape index (κ2) is 7.85. The molecule has 164 valence electrons. The number of hydrogen-bond acceptors (Lipinski definition) is 4. The Hall–Kier alpha value is -3.55. The molecule has 2 aromatic heterocycles. The lowest BCUT2D eigenvalue weighted by atomic mass is 10.0. The maximum atomic E-state index is 14.3. The van der Waals surface area contributed by atoms with Crippen molar-refractivity contribution in [3.63, 3.8) is 0 Å². The van der Waals surface area contributed by atoms with Crippen molar-refractivity contribution < 1.29 is 14.0 Å².